The molecule has 16 heavy (non-hydrogen) atoms. The van der Waals surface area contributed by atoms with Crippen molar-refractivity contribution in [1.82, 2.24) is 0 Å². The number of carbonyl (C=O) groups is 1. The molecule has 1 unspecified atom stereocenters. The minimum atomic E-state index is -0.698. The van der Waals surface area contributed by atoms with Crippen molar-refractivity contribution in [3.8, 4) is 0 Å². The van der Waals surface area contributed by atoms with Crippen molar-refractivity contribution in [2.24, 2.45) is 10.9 Å². The van der Waals surface area contributed by atoms with E-state index in [0.717, 1.165) is 16.7 Å². The second-order valence-electron chi connectivity index (χ2n) is 3.86. The lowest BCUT2D eigenvalue weighted by Gasteiger charge is -2.15. The number of nitrogens with zero attached hydrogens (tertiary/aromatic N) is 1. The molecule has 0 saturated carbocycles. The van der Waals surface area contributed by atoms with Gasteiger partial charge in [0.25, 0.3) is 5.91 Å². The number of oxime groups is 1. The molecule has 0 aliphatic carbocycles. The molecule has 1 aromatic rings. The van der Waals surface area contributed by atoms with Gasteiger partial charge in [-0.3, -0.25) is 4.79 Å². The van der Waals surface area contributed by atoms with Gasteiger partial charge in [0.05, 0.1) is 0 Å². The molecule has 0 heterocycles. The molecule has 1 rings (SSSR count). The number of aryl methyl sites for hydroxylation is 1. The lowest BCUT2D eigenvalue weighted by molar-refractivity contribution is -0.112. The van der Waals surface area contributed by atoms with Crippen LogP contribution in [0.15, 0.2) is 23.4 Å². The van der Waals surface area contributed by atoms with Gasteiger partial charge in [-0.2, -0.15) is 0 Å². The minimum absolute atomic E-state index is 0.0197. The first-order valence-corrected chi connectivity index (χ1v) is 5.07. The largest absolute Gasteiger partial charge is 0.410 e. The molecular weight excluding hydrogens is 204 g/mol. The first-order valence-electron chi connectivity index (χ1n) is 5.07. The van der Waals surface area contributed by atoms with Crippen LogP contribution in [0.2, 0.25) is 0 Å². The predicted octanol–water partition coefficient (Wildman–Crippen LogP) is 1.72. The van der Waals surface area contributed by atoms with Crippen LogP contribution in [0.5, 0.6) is 0 Å². The van der Waals surface area contributed by atoms with Crippen LogP contribution in [0.3, 0.4) is 0 Å². The summed E-state index contributed by atoms with van der Waals surface area (Å²) in [6.45, 7) is 5.75. The van der Waals surface area contributed by atoms with E-state index in [1.54, 1.807) is 6.92 Å². The molecule has 4 nitrogen and oxygen atoms in total. The lowest BCUT2D eigenvalue weighted by atomic mass is 9.90. The molecule has 0 saturated heterocycles. The highest BCUT2D eigenvalue weighted by Crippen LogP contribution is 2.23. The topological polar surface area (TPSA) is 75.7 Å². The molecule has 0 aromatic heterocycles. The standard InChI is InChI=1S/C12H16N2O2/c1-7-5-4-6-10(8(7)2)9(3)11(14-16)12(13)15/h4-6,9,16H,1-3H3,(H2,13,15). The molecule has 1 amide bonds. The molecule has 0 fully saturated rings. The lowest BCUT2D eigenvalue weighted by Crippen LogP contribution is -2.28. The van der Waals surface area contributed by atoms with Crippen LogP contribution in [-0.4, -0.2) is 16.8 Å². The summed E-state index contributed by atoms with van der Waals surface area (Å²) in [5, 5.41) is 11.8. The number of hydrogen-bond acceptors (Lipinski definition) is 3. The van der Waals surface area contributed by atoms with E-state index in [4.69, 9.17) is 10.9 Å². The fourth-order valence-electron chi connectivity index (χ4n) is 1.74. The van der Waals surface area contributed by atoms with E-state index in [2.05, 4.69) is 5.16 Å². The summed E-state index contributed by atoms with van der Waals surface area (Å²) in [6.07, 6.45) is 0. The monoisotopic (exact) mass is 220 g/mol. The highest BCUT2D eigenvalue weighted by molar-refractivity contribution is 6.40. The third-order valence-corrected chi connectivity index (χ3v) is 2.88. The van der Waals surface area contributed by atoms with Crippen molar-refractivity contribution in [2.75, 3.05) is 0 Å². The maximum Gasteiger partial charge on any atom is 0.267 e. The molecule has 4 heteroatoms. The number of hydrogen-bond donors (Lipinski definition) is 2. The summed E-state index contributed by atoms with van der Waals surface area (Å²) in [7, 11) is 0. The van der Waals surface area contributed by atoms with Gasteiger partial charge in [0.2, 0.25) is 0 Å². The Bertz CT molecular complexity index is 439. The van der Waals surface area contributed by atoms with Gasteiger partial charge < -0.3 is 10.9 Å². The fourth-order valence-corrected chi connectivity index (χ4v) is 1.74. The van der Waals surface area contributed by atoms with Gasteiger partial charge in [-0.25, -0.2) is 0 Å². The Morgan fingerprint density at radius 2 is 2.06 bits per heavy atom. The van der Waals surface area contributed by atoms with E-state index >= 15 is 0 Å². The Kier molecular flexibility index (Phi) is 3.66. The van der Waals surface area contributed by atoms with Gasteiger partial charge in [0.15, 0.2) is 5.71 Å². The fraction of sp³-hybridized carbons (Fsp3) is 0.333. The third kappa shape index (κ3) is 2.21. The summed E-state index contributed by atoms with van der Waals surface area (Å²) in [5.41, 5.74) is 8.29. The van der Waals surface area contributed by atoms with Crippen LogP contribution in [0.4, 0.5) is 0 Å². The van der Waals surface area contributed by atoms with Crippen LogP contribution in [0.25, 0.3) is 0 Å². The number of primary amides is 1. The van der Waals surface area contributed by atoms with Crippen LogP contribution in [0.1, 0.15) is 29.5 Å². The first kappa shape index (κ1) is 12.2. The molecule has 0 spiro atoms. The predicted molar refractivity (Wildman–Crippen MR) is 62.7 cm³/mol. The molecule has 0 bridgehead atoms. The average molecular weight is 220 g/mol. The number of amides is 1. The Labute approximate surface area is 94.8 Å². The van der Waals surface area contributed by atoms with E-state index in [-0.39, 0.29) is 11.6 Å². The third-order valence-electron chi connectivity index (χ3n) is 2.88. The van der Waals surface area contributed by atoms with Gasteiger partial charge in [-0.05, 0) is 30.5 Å². The van der Waals surface area contributed by atoms with Crippen molar-refractivity contribution in [1.29, 1.82) is 0 Å². The first-order chi connectivity index (χ1) is 7.49. The number of benzene rings is 1. The molecule has 0 radical (unpaired) electrons. The zero-order chi connectivity index (χ0) is 12.3. The number of rotatable bonds is 3. The summed E-state index contributed by atoms with van der Waals surface area (Å²) in [5.74, 6) is -1.00. The van der Waals surface area contributed by atoms with Crippen LogP contribution >= 0.6 is 0 Å². The second kappa shape index (κ2) is 4.79. The van der Waals surface area contributed by atoms with Crippen LogP contribution in [-0.2, 0) is 4.79 Å². The van der Waals surface area contributed by atoms with Crippen molar-refractivity contribution in [3.63, 3.8) is 0 Å². The molecule has 3 N–H and O–H groups in total. The van der Waals surface area contributed by atoms with Crippen molar-refractivity contribution in [3.05, 3.63) is 34.9 Å². The normalized spacial score (nSPS) is 13.6. The smallest absolute Gasteiger partial charge is 0.267 e. The maximum absolute atomic E-state index is 11.1. The molecule has 1 atom stereocenters. The zero-order valence-corrected chi connectivity index (χ0v) is 9.69. The minimum Gasteiger partial charge on any atom is -0.410 e. The van der Waals surface area contributed by atoms with E-state index in [1.807, 2.05) is 32.0 Å². The highest BCUT2D eigenvalue weighted by Gasteiger charge is 2.20. The average Bonchev–Trinajstić information content (AvgIpc) is 2.22. The summed E-state index contributed by atoms with van der Waals surface area (Å²) in [4.78, 5) is 11.1. The Morgan fingerprint density at radius 1 is 1.44 bits per heavy atom. The quantitative estimate of drug-likeness (QED) is 0.462. The van der Waals surface area contributed by atoms with E-state index in [1.165, 1.54) is 0 Å². The van der Waals surface area contributed by atoms with E-state index in [9.17, 15) is 4.79 Å². The van der Waals surface area contributed by atoms with Gasteiger partial charge in [0.1, 0.15) is 0 Å². The van der Waals surface area contributed by atoms with Crippen LogP contribution < -0.4 is 5.73 Å². The zero-order valence-electron chi connectivity index (χ0n) is 9.69. The van der Waals surface area contributed by atoms with Gasteiger partial charge >= 0.3 is 0 Å². The maximum atomic E-state index is 11.1. The number of carbonyl (C=O) groups excluding carboxylic acids is 1. The van der Waals surface area contributed by atoms with E-state index < -0.39 is 5.91 Å². The van der Waals surface area contributed by atoms with Gasteiger partial charge in [-0.15, -0.1) is 0 Å². The number of nitrogens with two attached hydrogens (primary N) is 1. The molecular formula is C12H16N2O2. The van der Waals surface area contributed by atoms with Crippen molar-refractivity contribution >= 4 is 11.6 Å². The van der Waals surface area contributed by atoms with Crippen molar-refractivity contribution < 1.29 is 10.0 Å². The Balaban J connectivity index is 3.19. The summed E-state index contributed by atoms with van der Waals surface area (Å²) >= 11 is 0. The summed E-state index contributed by atoms with van der Waals surface area (Å²) < 4.78 is 0. The molecule has 86 valence electrons. The SMILES string of the molecule is Cc1cccc(C(C)C(=NO)C(N)=O)c1C. The molecule has 1 aromatic carbocycles. The van der Waals surface area contributed by atoms with E-state index in [0.29, 0.717) is 0 Å². The summed E-state index contributed by atoms with van der Waals surface area (Å²) in [6, 6.07) is 5.80. The van der Waals surface area contributed by atoms with Gasteiger partial charge in [0, 0.05) is 5.92 Å². The Morgan fingerprint density at radius 3 is 2.56 bits per heavy atom. The second-order valence-corrected chi connectivity index (χ2v) is 3.86. The molecule has 0 aliphatic heterocycles. The van der Waals surface area contributed by atoms with Crippen LogP contribution in [0, 0.1) is 13.8 Å². The Hall–Kier alpha value is -1.84. The molecule has 0 aliphatic rings. The van der Waals surface area contributed by atoms with Crippen molar-refractivity contribution in [2.45, 2.75) is 26.7 Å². The van der Waals surface area contributed by atoms with Gasteiger partial charge in [-0.1, -0.05) is 30.3 Å². The highest BCUT2D eigenvalue weighted by atomic mass is 16.4.